The van der Waals surface area contributed by atoms with E-state index in [-0.39, 0.29) is 11.8 Å². The number of carbonyl (C=O) groups is 1. The fraction of sp³-hybridized carbons (Fsp3) is 0.409. The summed E-state index contributed by atoms with van der Waals surface area (Å²) in [6, 6.07) is 17.1. The second kappa shape index (κ2) is 8.09. The molecule has 0 spiro atoms. The van der Waals surface area contributed by atoms with Crippen molar-refractivity contribution in [3.63, 3.8) is 0 Å². The SMILES string of the molecule is O=C(Nc1cccc(F)c1)N1CC(N2CCC(Cc3ccccc3)CC2)C1. The van der Waals surface area contributed by atoms with Crippen LogP contribution in [0.2, 0.25) is 0 Å². The number of hydrogen-bond acceptors (Lipinski definition) is 2. The minimum atomic E-state index is -0.340. The van der Waals surface area contributed by atoms with Crippen molar-refractivity contribution in [3.8, 4) is 0 Å². The number of nitrogens with zero attached hydrogens (tertiary/aromatic N) is 2. The standard InChI is InChI=1S/C22H26FN3O/c23-19-7-4-8-20(14-19)24-22(27)26-15-21(16-26)25-11-9-18(10-12-25)13-17-5-2-1-3-6-17/h1-8,14,18,21H,9-13,15-16H2,(H,24,27). The highest BCUT2D eigenvalue weighted by atomic mass is 19.1. The molecule has 2 amide bonds. The predicted octanol–water partition coefficient (Wildman–Crippen LogP) is 4.00. The Kier molecular flexibility index (Phi) is 5.39. The van der Waals surface area contributed by atoms with Crippen LogP contribution < -0.4 is 5.32 Å². The Hall–Kier alpha value is -2.40. The first kappa shape index (κ1) is 18.0. The van der Waals surface area contributed by atoms with Crippen LogP contribution in [0.5, 0.6) is 0 Å². The smallest absolute Gasteiger partial charge is 0.321 e. The lowest BCUT2D eigenvalue weighted by atomic mass is 9.89. The third-order valence-corrected chi connectivity index (χ3v) is 5.76. The summed E-state index contributed by atoms with van der Waals surface area (Å²) in [7, 11) is 0. The topological polar surface area (TPSA) is 35.6 Å². The van der Waals surface area contributed by atoms with Crippen LogP contribution in [0.3, 0.4) is 0 Å². The lowest BCUT2D eigenvalue weighted by Gasteiger charge is -2.47. The van der Waals surface area contributed by atoms with Crippen molar-refractivity contribution in [3.05, 3.63) is 66.0 Å². The van der Waals surface area contributed by atoms with Gasteiger partial charge in [0.2, 0.25) is 0 Å². The van der Waals surface area contributed by atoms with Crippen molar-refractivity contribution in [1.82, 2.24) is 9.80 Å². The lowest BCUT2D eigenvalue weighted by Crippen LogP contribution is -2.63. The molecule has 27 heavy (non-hydrogen) atoms. The van der Waals surface area contributed by atoms with E-state index in [1.807, 2.05) is 0 Å². The van der Waals surface area contributed by atoms with Crippen LogP contribution in [0.15, 0.2) is 54.6 Å². The number of carbonyl (C=O) groups excluding carboxylic acids is 1. The molecule has 0 atom stereocenters. The van der Waals surface area contributed by atoms with Crippen LogP contribution in [-0.2, 0) is 6.42 Å². The third-order valence-electron chi connectivity index (χ3n) is 5.76. The van der Waals surface area contributed by atoms with Crippen molar-refractivity contribution in [2.75, 3.05) is 31.5 Å². The molecule has 4 nitrogen and oxygen atoms in total. The molecule has 2 aliphatic heterocycles. The minimum absolute atomic E-state index is 0.143. The van der Waals surface area contributed by atoms with E-state index in [9.17, 15) is 9.18 Å². The Balaban J connectivity index is 1.20. The van der Waals surface area contributed by atoms with E-state index < -0.39 is 0 Å². The molecule has 2 aliphatic rings. The quantitative estimate of drug-likeness (QED) is 0.887. The van der Waals surface area contributed by atoms with Gasteiger partial charge in [-0.3, -0.25) is 4.90 Å². The zero-order chi connectivity index (χ0) is 18.6. The average Bonchev–Trinajstić information content (AvgIpc) is 2.63. The first-order valence-corrected chi connectivity index (χ1v) is 9.77. The van der Waals surface area contributed by atoms with Crippen LogP contribution in [0.1, 0.15) is 18.4 Å². The van der Waals surface area contributed by atoms with Gasteiger partial charge in [0.1, 0.15) is 5.82 Å². The molecule has 2 saturated heterocycles. The van der Waals surface area contributed by atoms with Gasteiger partial charge in [-0.15, -0.1) is 0 Å². The number of anilines is 1. The molecule has 4 rings (SSSR count). The summed E-state index contributed by atoms with van der Waals surface area (Å²) in [6.07, 6.45) is 3.61. The second-order valence-corrected chi connectivity index (χ2v) is 7.67. The first-order chi connectivity index (χ1) is 13.2. The summed E-state index contributed by atoms with van der Waals surface area (Å²) in [5, 5.41) is 2.77. The number of urea groups is 1. The summed E-state index contributed by atoms with van der Waals surface area (Å²) < 4.78 is 13.2. The zero-order valence-corrected chi connectivity index (χ0v) is 15.5. The molecule has 5 heteroatoms. The van der Waals surface area contributed by atoms with Gasteiger partial charge in [-0.2, -0.15) is 0 Å². The van der Waals surface area contributed by atoms with Gasteiger partial charge in [0.05, 0.1) is 0 Å². The number of nitrogens with one attached hydrogen (secondary N) is 1. The number of rotatable bonds is 4. The maximum absolute atomic E-state index is 13.2. The Morgan fingerprint density at radius 3 is 2.48 bits per heavy atom. The number of amides is 2. The van der Waals surface area contributed by atoms with Crippen molar-refractivity contribution < 1.29 is 9.18 Å². The summed E-state index contributed by atoms with van der Waals surface area (Å²) in [4.78, 5) is 16.6. The Morgan fingerprint density at radius 2 is 1.78 bits per heavy atom. The van der Waals surface area contributed by atoms with Crippen molar-refractivity contribution >= 4 is 11.7 Å². The summed E-state index contributed by atoms with van der Waals surface area (Å²) in [5.74, 6) is 0.420. The van der Waals surface area contributed by atoms with Gasteiger partial charge in [0.25, 0.3) is 0 Å². The van der Waals surface area contributed by atoms with E-state index in [1.54, 1.807) is 17.0 Å². The van der Waals surface area contributed by atoms with Gasteiger partial charge < -0.3 is 10.2 Å². The molecule has 2 aromatic carbocycles. The van der Waals surface area contributed by atoms with Crippen molar-refractivity contribution in [2.45, 2.75) is 25.3 Å². The Morgan fingerprint density at radius 1 is 1.04 bits per heavy atom. The highest BCUT2D eigenvalue weighted by Crippen LogP contribution is 2.26. The van der Waals surface area contributed by atoms with E-state index in [2.05, 4.69) is 40.5 Å². The number of halogens is 1. The van der Waals surface area contributed by atoms with E-state index in [1.165, 1.54) is 37.0 Å². The van der Waals surface area contributed by atoms with Crippen LogP contribution >= 0.6 is 0 Å². The molecule has 0 aliphatic carbocycles. The largest absolute Gasteiger partial charge is 0.321 e. The molecule has 142 valence electrons. The van der Waals surface area contributed by atoms with Gasteiger partial charge in [-0.1, -0.05) is 36.4 Å². The second-order valence-electron chi connectivity index (χ2n) is 7.67. The average molecular weight is 367 g/mol. The van der Waals surface area contributed by atoms with Gasteiger partial charge in [-0.25, -0.2) is 9.18 Å². The van der Waals surface area contributed by atoms with E-state index >= 15 is 0 Å². The van der Waals surface area contributed by atoms with Crippen molar-refractivity contribution in [1.29, 1.82) is 0 Å². The predicted molar refractivity (Wildman–Crippen MR) is 105 cm³/mol. The molecule has 0 radical (unpaired) electrons. The van der Waals surface area contributed by atoms with E-state index in [0.717, 1.165) is 32.1 Å². The van der Waals surface area contributed by atoms with Crippen LogP contribution in [0.25, 0.3) is 0 Å². The number of benzene rings is 2. The monoisotopic (exact) mass is 367 g/mol. The van der Waals surface area contributed by atoms with Gasteiger partial charge >= 0.3 is 6.03 Å². The Labute approximate surface area is 160 Å². The third kappa shape index (κ3) is 4.48. The fourth-order valence-electron chi connectivity index (χ4n) is 4.09. The molecule has 1 N–H and O–H groups in total. The van der Waals surface area contributed by atoms with Crippen LogP contribution in [0.4, 0.5) is 14.9 Å². The minimum Gasteiger partial charge on any atom is -0.321 e. The molecular weight excluding hydrogens is 341 g/mol. The van der Waals surface area contributed by atoms with Crippen LogP contribution in [0, 0.1) is 11.7 Å². The fourth-order valence-corrected chi connectivity index (χ4v) is 4.09. The molecule has 2 fully saturated rings. The maximum atomic E-state index is 13.2. The molecule has 0 unspecified atom stereocenters. The number of hydrogen-bond donors (Lipinski definition) is 1. The summed E-state index contributed by atoms with van der Waals surface area (Å²) in [6.45, 7) is 3.73. The van der Waals surface area contributed by atoms with E-state index in [0.29, 0.717) is 11.7 Å². The van der Waals surface area contributed by atoms with Gasteiger partial charge in [0.15, 0.2) is 0 Å². The first-order valence-electron chi connectivity index (χ1n) is 9.77. The normalized spacial score (nSPS) is 18.9. The maximum Gasteiger partial charge on any atom is 0.321 e. The summed E-state index contributed by atoms with van der Waals surface area (Å²) in [5.41, 5.74) is 1.94. The van der Waals surface area contributed by atoms with Crippen LogP contribution in [-0.4, -0.2) is 48.1 Å². The lowest BCUT2D eigenvalue weighted by molar-refractivity contribution is 0.0383. The molecule has 2 aromatic rings. The zero-order valence-electron chi connectivity index (χ0n) is 15.5. The van der Waals surface area contributed by atoms with Gasteiger partial charge in [0, 0.05) is 24.8 Å². The summed E-state index contributed by atoms with van der Waals surface area (Å²) >= 11 is 0. The van der Waals surface area contributed by atoms with E-state index in [4.69, 9.17) is 0 Å². The van der Waals surface area contributed by atoms with Gasteiger partial charge in [-0.05, 0) is 62.0 Å². The van der Waals surface area contributed by atoms with Crippen molar-refractivity contribution in [2.24, 2.45) is 5.92 Å². The molecule has 0 aromatic heterocycles. The number of piperidine rings is 1. The molecule has 0 saturated carbocycles. The highest BCUT2D eigenvalue weighted by molar-refractivity contribution is 5.89. The molecule has 2 heterocycles. The highest BCUT2D eigenvalue weighted by Gasteiger charge is 2.36. The molecule has 0 bridgehead atoms. The Bertz CT molecular complexity index is 768. The number of likely N-dealkylation sites (tertiary alicyclic amines) is 2. The molecular formula is C22H26FN3O.